The van der Waals surface area contributed by atoms with Crippen molar-refractivity contribution in [1.29, 1.82) is 0 Å². The summed E-state index contributed by atoms with van der Waals surface area (Å²) in [7, 11) is 2.93. The average molecular weight is 261 g/mol. The van der Waals surface area contributed by atoms with Gasteiger partial charge in [0, 0.05) is 26.7 Å². The quantitative estimate of drug-likeness (QED) is 0.831. The van der Waals surface area contributed by atoms with Crippen LogP contribution in [0.2, 0.25) is 0 Å². The van der Waals surface area contributed by atoms with Gasteiger partial charge < -0.3 is 10.2 Å². The van der Waals surface area contributed by atoms with Crippen LogP contribution in [-0.2, 0) is 4.79 Å². The van der Waals surface area contributed by atoms with Gasteiger partial charge in [0.1, 0.15) is 0 Å². The number of rotatable bonds is 4. The van der Waals surface area contributed by atoms with Crippen LogP contribution in [0.1, 0.15) is 6.92 Å². The molecule has 0 bridgehead atoms. The minimum absolute atomic E-state index is 0.134. The molecule has 1 heterocycles. The lowest BCUT2D eigenvalue weighted by Crippen LogP contribution is -2.35. The van der Waals surface area contributed by atoms with Crippen LogP contribution in [0.25, 0.3) is 0 Å². The first-order valence-electron chi connectivity index (χ1n) is 5.31. The Morgan fingerprint density at radius 3 is 2.61 bits per heavy atom. The van der Waals surface area contributed by atoms with Crippen molar-refractivity contribution in [2.45, 2.75) is 6.92 Å². The third-order valence-corrected chi connectivity index (χ3v) is 2.47. The second-order valence-corrected chi connectivity index (χ2v) is 3.96. The SMILES string of the molecule is CNC(=O)C(C)CN(C)c1nc(F)c(F)cc1F. The fraction of sp³-hybridized carbons (Fsp3) is 0.455. The molecule has 1 rings (SSSR count). The Balaban J connectivity index is 2.87. The number of hydrogen-bond donors (Lipinski definition) is 1. The number of carbonyl (C=O) groups excluding carboxylic acids is 1. The number of nitrogens with zero attached hydrogens (tertiary/aromatic N) is 2. The zero-order valence-electron chi connectivity index (χ0n) is 10.3. The van der Waals surface area contributed by atoms with Gasteiger partial charge in [-0.05, 0) is 0 Å². The summed E-state index contributed by atoms with van der Waals surface area (Å²) in [5, 5.41) is 2.44. The fourth-order valence-electron chi connectivity index (χ4n) is 1.53. The molecule has 0 aliphatic rings. The summed E-state index contributed by atoms with van der Waals surface area (Å²) in [5.41, 5.74) is 0. The van der Waals surface area contributed by atoms with E-state index in [1.165, 1.54) is 19.0 Å². The molecule has 1 aromatic rings. The van der Waals surface area contributed by atoms with Crippen molar-refractivity contribution in [3.8, 4) is 0 Å². The molecule has 0 fully saturated rings. The van der Waals surface area contributed by atoms with E-state index in [1.807, 2.05) is 0 Å². The molecule has 0 aromatic carbocycles. The van der Waals surface area contributed by atoms with Crippen molar-refractivity contribution < 1.29 is 18.0 Å². The summed E-state index contributed by atoms with van der Waals surface area (Å²) in [6.45, 7) is 1.77. The molecule has 18 heavy (non-hydrogen) atoms. The largest absolute Gasteiger partial charge is 0.359 e. The van der Waals surface area contributed by atoms with Crippen molar-refractivity contribution in [3.63, 3.8) is 0 Å². The van der Waals surface area contributed by atoms with Gasteiger partial charge in [-0.3, -0.25) is 4.79 Å². The van der Waals surface area contributed by atoms with Crippen molar-refractivity contribution in [2.75, 3.05) is 25.5 Å². The van der Waals surface area contributed by atoms with E-state index in [1.54, 1.807) is 6.92 Å². The molecule has 0 saturated carbocycles. The Bertz CT molecular complexity index is 453. The average Bonchev–Trinajstić information content (AvgIpc) is 2.32. The molecular weight excluding hydrogens is 247 g/mol. The molecule has 1 N–H and O–H groups in total. The predicted molar refractivity (Wildman–Crippen MR) is 60.6 cm³/mol. The lowest BCUT2D eigenvalue weighted by molar-refractivity contribution is -0.123. The summed E-state index contributed by atoms with van der Waals surface area (Å²) < 4.78 is 39.0. The van der Waals surface area contributed by atoms with Gasteiger partial charge in [0.15, 0.2) is 17.5 Å². The van der Waals surface area contributed by atoms with Gasteiger partial charge in [0.05, 0.1) is 5.92 Å². The van der Waals surface area contributed by atoms with Crippen LogP contribution in [0.15, 0.2) is 6.07 Å². The highest BCUT2D eigenvalue weighted by Crippen LogP contribution is 2.18. The van der Waals surface area contributed by atoms with Gasteiger partial charge in [0.25, 0.3) is 5.95 Å². The van der Waals surface area contributed by atoms with Gasteiger partial charge in [0.2, 0.25) is 5.91 Å². The summed E-state index contributed by atoms with van der Waals surface area (Å²) in [6.07, 6.45) is 0. The van der Waals surface area contributed by atoms with Crippen LogP contribution in [0, 0.1) is 23.5 Å². The van der Waals surface area contributed by atoms with Crippen molar-refractivity contribution >= 4 is 11.7 Å². The lowest BCUT2D eigenvalue weighted by Gasteiger charge is -2.22. The number of hydrogen-bond acceptors (Lipinski definition) is 3. The fourth-order valence-corrected chi connectivity index (χ4v) is 1.53. The second-order valence-electron chi connectivity index (χ2n) is 3.96. The minimum atomic E-state index is -1.37. The maximum absolute atomic E-state index is 13.4. The Morgan fingerprint density at radius 2 is 2.06 bits per heavy atom. The Kier molecular flexibility index (Phi) is 4.52. The molecule has 1 unspecified atom stereocenters. The molecule has 0 aliphatic heterocycles. The van der Waals surface area contributed by atoms with Gasteiger partial charge >= 0.3 is 0 Å². The molecule has 1 amide bonds. The maximum atomic E-state index is 13.4. The van der Waals surface area contributed by atoms with Crippen molar-refractivity contribution in [3.05, 3.63) is 23.6 Å². The molecule has 0 spiro atoms. The molecule has 0 aliphatic carbocycles. The maximum Gasteiger partial charge on any atom is 0.251 e. The van der Waals surface area contributed by atoms with E-state index in [0.29, 0.717) is 6.07 Å². The van der Waals surface area contributed by atoms with E-state index in [0.717, 1.165) is 0 Å². The molecule has 1 atom stereocenters. The third-order valence-electron chi connectivity index (χ3n) is 2.47. The molecule has 0 radical (unpaired) electrons. The normalized spacial score (nSPS) is 12.1. The van der Waals surface area contributed by atoms with E-state index in [9.17, 15) is 18.0 Å². The van der Waals surface area contributed by atoms with Gasteiger partial charge in [-0.1, -0.05) is 6.92 Å². The molecule has 1 aromatic heterocycles. The van der Waals surface area contributed by atoms with Crippen molar-refractivity contribution in [1.82, 2.24) is 10.3 Å². The number of anilines is 1. The first-order chi connectivity index (χ1) is 8.36. The first-order valence-corrected chi connectivity index (χ1v) is 5.31. The Hall–Kier alpha value is -1.79. The summed E-state index contributed by atoms with van der Waals surface area (Å²) in [4.78, 5) is 15.7. The monoisotopic (exact) mass is 261 g/mol. The topological polar surface area (TPSA) is 45.2 Å². The highest BCUT2D eigenvalue weighted by atomic mass is 19.2. The summed E-state index contributed by atoms with van der Waals surface area (Å²) in [5.74, 6) is -4.68. The van der Waals surface area contributed by atoms with E-state index in [2.05, 4.69) is 10.3 Å². The zero-order valence-corrected chi connectivity index (χ0v) is 10.3. The minimum Gasteiger partial charge on any atom is -0.359 e. The van der Waals surface area contributed by atoms with Crippen LogP contribution in [0.5, 0.6) is 0 Å². The van der Waals surface area contributed by atoms with E-state index >= 15 is 0 Å². The van der Waals surface area contributed by atoms with Crippen LogP contribution < -0.4 is 10.2 Å². The number of nitrogens with one attached hydrogen (secondary N) is 1. The van der Waals surface area contributed by atoms with Crippen LogP contribution >= 0.6 is 0 Å². The molecule has 100 valence electrons. The van der Waals surface area contributed by atoms with Crippen LogP contribution in [0.3, 0.4) is 0 Å². The second kappa shape index (κ2) is 5.70. The molecular formula is C11H14F3N3O. The molecule has 0 saturated heterocycles. The summed E-state index contributed by atoms with van der Waals surface area (Å²) >= 11 is 0. The zero-order chi connectivity index (χ0) is 13.9. The number of amides is 1. The van der Waals surface area contributed by atoms with E-state index in [4.69, 9.17) is 0 Å². The smallest absolute Gasteiger partial charge is 0.251 e. The lowest BCUT2D eigenvalue weighted by atomic mass is 10.1. The Labute approximate surface area is 103 Å². The van der Waals surface area contributed by atoms with Crippen LogP contribution in [-0.4, -0.2) is 31.5 Å². The third kappa shape index (κ3) is 3.12. The van der Waals surface area contributed by atoms with Crippen LogP contribution in [0.4, 0.5) is 19.0 Å². The highest BCUT2D eigenvalue weighted by molar-refractivity contribution is 5.78. The number of aromatic nitrogens is 1. The number of pyridine rings is 1. The van der Waals surface area contributed by atoms with E-state index < -0.39 is 23.5 Å². The first kappa shape index (κ1) is 14.3. The van der Waals surface area contributed by atoms with E-state index in [-0.39, 0.29) is 18.3 Å². The van der Waals surface area contributed by atoms with Gasteiger partial charge in [-0.15, -0.1) is 0 Å². The van der Waals surface area contributed by atoms with Gasteiger partial charge in [-0.2, -0.15) is 9.37 Å². The molecule has 7 heteroatoms. The van der Waals surface area contributed by atoms with Gasteiger partial charge in [-0.25, -0.2) is 8.78 Å². The van der Waals surface area contributed by atoms with Crippen molar-refractivity contribution in [2.24, 2.45) is 5.92 Å². The highest BCUT2D eigenvalue weighted by Gasteiger charge is 2.19. The number of carbonyl (C=O) groups is 1. The number of halogens is 3. The Morgan fingerprint density at radius 1 is 1.44 bits per heavy atom. The molecule has 4 nitrogen and oxygen atoms in total. The predicted octanol–water partition coefficient (Wildman–Crippen LogP) is 1.32. The summed E-state index contributed by atoms with van der Waals surface area (Å²) in [6, 6.07) is 0.429. The standard InChI is InChI=1S/C11H14F3N3O/c1-6(11(18)15-2)5-17(3)10-8(13)4-7(12)9(14)16-10/h4,6H,5H2,1-3H3,(H,15,18).